The Morgan fingerprint density at radius 2 is 2.17 bits per heavy atom. The zero-order valence-corrected chi connectivity index (χ0v) is 18.9. The van der Waals surface area contributed by atoms with E-state index in [0.29, 0.717) is 25.1 Å². The van der Waals surface area contributed by atoms with E-state index >= 15 is 0 Å². The van der Waals surface area contributed by atoms with Crippen molar-refractivity contribution in [1.29, 1.82) is 0 Å². The van der Waals surface area contributed by atoms with Gasteiger partial charge in [-0.15, -0.1) is 0 Å². The zero-order valence-electron chi connectivity index (χ0n) is 22.9. The smallest absolute Gasteiger partial charge is 0.338 e. The molecule has 0 aromatic carbocycles. The number of ether oxygens (including phenoxy) is 2. The lowest BCUT2D eigenvalue weighted by molar-refractivity contribution is -0.205. The maximum atomic E-state index is 12.9. The van der Waals surface area contributed by atoms with Crippen LogP contribution in [0.5, 0.6) is 0 Å². The van der Waals surface area contributed by atoms with Crippen molar-refractivity contribution >= 4 is 17.2 Å². The van der Waals surface area contributed by atoms with Gasteiger partial charge in [-0.1, -0.05) is 26.3 Å². The summed E-state index contributed by atoms with van der Waals surface area (Å²) in [5.41, 5.74) is 5.77. The monoisotopic (exact) mass is 418 g/mol. The second-order valence-electron chi connectivity index (χ2n) is 9.41. The van der Waals surface area contributed by atoms with Gasteiger partial charge in [0.1, 0.15) is 0 Å². The maximum Gasteiger partial charge on any atom is 0.338 e. The van der Waals surface area contributed by atoms with Crippen molar-refractivity contribution in [3.63, 3.8) is 0 Å². The lowest BCUT2D eigenvalue weighted by Crippen LogP contribution is -2.52. The fraction of sp³-hybridized carbons (Fsp3) is 0.680. The van der Waals surface area contributed by atoms with Gasteiger partial charge >= 0.3 is 5.97 Å². The summed E-state index contributed by atoms with van der Waals surface area (Å²) in [6, 6.07) is 3.42. The molecule has 0 spiro atoms. The van der Waals surface area contributed by atoms with E-state index in [9.17, 15) is 4.79 Å². The lowest BCUT2D eigenvalue weighted by Gasteiger charge is -2.45. The number of nitrogens with two attached hydrogens (primary N) is 1. The Kier molecular flexibility index (Phi) is 5.38. The van der Waals surface area contributed by atoms with E-state index < -0.39 is 24.0 Å². The third kappa shape index (κ3) is 5.23. The number of aromatic nitrogens is 1. The predicted octanol–water partition coefficient (Wildman–Crippen LogP) is 5.64. The normalized spacial score (nSPS) is 35.0. The summed E-state index contributed by atoms with van der Waals surface area (Å²) in [5.74, 6) is -0.812. The molecule has 1 aromatic heterocycles. The topological polar surface area (TPSA) is 74.4 Å². The van der Waals surface area contributed by atoms with Gasteiger partial charge in [0.15, 0.2) is 5.60 Å². The average Bonchev–Trinajstić information content (AvgIpc) is 2.71. The van der Waals surface area contributed by atoms with Gasteiger partial charge in [-0.05, 0) is 82.8 Å². The molecule has 5 nitrogen and oxygen atoms in total. The highest BCUT2D eigenvalue weighted by molar-refractivity contribution is 5.79. The summed E-state index contributed by atoms with van der Waals surface area (Å²) in [5, 5.41) is 0. The molecule has 0 amide bonds. The highest BCUT2D eigenvalue weighted by Gasteiger charge is 2.48. The van der Waals surface area contributed by atoms with Crippen LogP contribution in [0.3, 0.4) is 0 Å². The molecule has 1 aliphatic heterocycles. The third-order valence-corrected chi connectivity index (χ3v) is 5.75. The summed E-state index contributed by atoms with van der Waals surface area (Å²) >= 11 is 0. The maximum absolute atomic E-state index is 12.9. The first-order valence-corrected chi connectivity index (χ1v) is 11.0. The van der Waals surface area contributed by atoms with E-state index in [1.807, 2.05) is 20.8 Å². The number of hydrogen-bond acceptors (Lipinski definition) is 5. The van der Waals surface area contributed by atoms with Gasteiger partial charge in [-0.3, -0.25) is 4.98 Å². The molecule has 2 N–H and O–H groups in total. The number of allylic oxidation sites excluding steroid dienone is 2. The molecule has 30 heavy (non-hydrogen) atoms. The van der Waals surface area contributed by atoms with Crippen molar-refractivity contribution in [1.82, 2.24) is 4.98 Å². The van der Waals surface area contributed by atoms with Gasteiger partial charge < -0.3 is 15.2 Å². The molecule has 166 valence electrons. The standard InChI is InChI=1S/C25H38N2O3/c1-6-7-14-29-23(28)25(5)16-19(15-24(3,4)30-25)21-13-12-20(26)22(27-21)18-10-8-17(2)9-11-18/h10,12-13,17,19H,6-9,11,14-16,26H2,1-5H3/i8D,10D,11D2. The number of carbonyl (C=O) groups excluding carboxylic acids is 1. The molecule has 1 aromatic rings. The molecule has 0 saturated carbocycles. The highest BCUT2D eigenvalue weighted by atomic mass is 16.6. The van der Waals surface area contributed by atoms with Crippen LogP contribution in [-0.4, -0.2) is 28.8 Å². The lowest BCUT2D eigenvalue weighted by atomic mass is 9.78. The molecule has 1 aliphatic carbocycles. The van der Waals surface area contributed by atoms with Crippen LogP contribution in [0.4, 0.5) is 5.69 Å². The zero-order chi connectivity index (χ0) is 25.5. The first kappa shape index (κ1) is 17.8. The largest absolute Gasteiger partial charge is 0.464 e. The fourth-order valence-corrected chi connectivity index (χ4v) is 4.29. The highest BCUT2D eigenvalue weighted by Crippen LogP contribution is 2.44. The van der Waals surface area contributed by atoms with Crippen LogP contribution >= 0.6 is 0 Å². The van der Waals surface area contributed by atoms with Crippen LogP contribution < -0.4 is 5.73 Å². The van der Waals surface area contributed by atoms with Crippen molar-refractivity contribution in [2.45, 2.75) is 96.6 Å². The molecule has 5 heteroatoms. The number of hydrogen-bond donors (Lipinski definition) is 1. The van der Waals surface area contributed by atoms with Crippen molar-refractivity contribution in [3.05, 3.63) is 29.6 Å². The molecular weight excluding hydrogens is 376 g/mol. The number of rotatable bonds is 6. The Bertz CT molecular complexity index is 965. The number of nitrogen functional groups attached to an aromatic ring is 1. The number of esters is 1. The van der Waals surface area contributed by atoms with Gasteiger partial charge in [0.2, 0.25) is 0 Å². The van der Waals surface area contributed by atoms with E-state index in [2.05, 4.69) is 0 Å². The Morgan fingerprint density at radius 1 is 1.40 bits per heavy atom. The minimum absolute atomic E-state index is 0.0725. The Morgan fingerprint density at radius 3 is 2.90 bits per heavy atom. The average molecular weight is 419 g/mol. The van der Waals surface area contributed by atoms with Crippen LogP contribution in [0.25, 0.3) is 5.57 Å². The van der Waals surface area contributed by atoms with Gasteiger partial charge in [0.25, 0.3) is 0 Å². The third-order valence-electron chi connectivity index (χ3n) is 5.75. The molecular formula is C25H38N2O3. The number of anilines is 1. The number of unbranched alkanes of at least 4 members (excludes halogenated alkanes) is 1. The summed E-state index contributed by atoms with van der Waals surface area (Å²) in [6.45, 7) is 9.80. The molecule has 1 fully saturated rings. The molecule has 1 saturated heterocycles. The molecule has 4 atom stereocenters. The molecule has 3 rings (SSSR count). The summed E-state index contributed by atoms with van der Waals surface area (Å²) in [4.78, 5) is 17.7. The Hall–Kier alpha value is -1.88. The molecule has 0 radical (unpaired) electrons. The molecule has 0 bridgehead atoms. The van der Waals surface area contributed by atoms with Crippen molar-refractivity contribution < 1.29 is 19.8 Å². The van der Waals surface area contributed by atoms with Crippen LogP contribution in [-0.2, 0) is 14.3 Å². The summed E-state index contributed by atoms with van der Waals surface area (Å²) < 4.78 is 45.7. The molecule has 4 unspecified atom stereocenters. The molecule has 2 heterocycles. The fourth-order valence-electron chi connectivity index (χ4n) is 4.29. The van der Waals surface area contributed by atoms with Crippen molar-refractivity contribution in [3.8, 4) is 0 Å². The van der Waals surface area contributed by atoms with Gasteiger partial charge in [-0.25, -0.2) is 4.79 Å². The van der Waals surface area contributed by atoms with Crippen LogP contribution in [0.2, 0.25) is 0 Å². The van der Waals surface area contributed by atoms with E-state index in [0.717, 1.165) is 12.8 Å². The van der Waals surface area contributed by atoms with Gasteiger partial charge in [0, 0.05) is 15.7 Å². The first-order valence-electron chi connectivity index (χ1n) is 13.1. The van der Waals surface area contributed by atoms with Crippen molar-refractivity contribution in [2.24, 2.45) is 5.92 Å². The Labute approximate surface area is 187 Å². The van der Waals surface area contributed by atoms with Crippen LogP contribution in [0.1, 0.15) is 102 Å². The molecule has 2 aliphatic rings. The Balaban J connectivity index is 1.99. The van der Waals surface area contributed by atoms with Crippen LogP contribution in [0, 0.1) is 5.92 Å². The second kappa shape index (κ2) is 9.09. The first-order chi connectivity index (χ1) is 15.7. The van der Waals surface area contributed by atoms with E-state index in [-0.39, 0.29) is 47.2 Å². The van der Waals surface area contributed by atoms with Gasteiger partial charge in [-0.2, -0.15) is 0 Å². The predicted molar refractivity (Wildman–Crippen MR) is 121 cm³/mol. The quantitative estimate of drug-likeness (QED) is 0.478. The number of carbonyl (C=O) groups is 1. The van der Waals surface area contributed by atoms with E-state index in [1.54, 1.807) is 26.0 Å². The van der Waals surface area contributed by atoms with Gasteiger partial charge in [0.05, 0.1) is 25.0 Å². The van der Waals surface area contributed by atoms with E-state index in [4.69, 9.17) is 25.7 Å². The second-order valence-corrected chi connectivity index (χ2v) is 9.41. The SMILES string of the molecule is [2H]C1=C(c2nc(C3CC(C)(C)OC(C)(C(=O)OCCCC)C3)ccc2N)C([2H])([2H])CC(C)C1[2H]. The number of pyridine rings is 1. The minimum atomic E-state index is -1.81. The minimum Gasteiger partial charge on any atom is -0.464 e. The summed E-state index contributed by atoms with van der Waals surface area (Å²) in [6.07, 6.45) is 0.202. The number of nitrogens with zero attached hydrogens (tertiary/aromatic N) is 1. The summed E-state index contributed by atoms with van der Waals surface area (Å²) in [7, 11) is 0. The van der Waals surface area contributed by atoms with E-state index in [1.165, 1.54) is 0 Å². The van der Waals surface area contributed by atoms with Crippen molar-refractivity contribution in [2.75, 3.05) is 12.3 Å². The van der Waals surface area contributed by atoms with Crippen LogP contribution in [0.15, 0.2) is 18.2 Å².